The molecule has 0 saturated carbocycles. The van der Waals surface area contributed by atoms with E-state index in [1.165, 1.54) is 6.07 Å². The van der Waals surface area contributed by atoms with Gasteiger partial charge in [0.05, 0.1) is 0 Å². The Morgan fingerprint density at radius 1 is 1.03 bits per heavy atom. The molecule has 158 valence electrons. The van der Waals surface area contributed by atoms with Crippen LogP contribution in [0.2, 0.25) is 0 Å². The van der Waals surface area contributed by atoms with Gasteiger partial charge in [-0.1, -0.05) is 60.1 Å². The molecule has 0 saturated heterocycles. The van der Waals surface area contributed by atoms with E-state index in [0.29, 0.717) is 33.2 Å². The smallest absolute Gasteiger partial charge is 0.243 e. The van der Waals surface area contributed by atoms with Crippen molar-refractivity contribution in [2.24, 2.45) is 0 Å². The Morgan fingerprint density at radius 3 is 2.61 bits per heavy atom. The van der Waals surface area contributed by atoms with E-state index in [1.54, 1.807) is 30.5 Å². The van der Waals surface area contributed by atoms with Crippen molar-refractivity contribution in [1.29, 1.82) is 0 Å². The molecule has 2 aromatic heterocycles. The van der Waals surface area contributed by atoms with Crippen molar-refractivity contribution in [3.05, 3.63) is 82.7 Å². The first-order valence-electron chi connectivity index (χ1n) is 9.73. The van der Waals surface area contributed by atoms with E-state index in [4.69, 9.17) is 9.26 Å². The van der Waals surface area contributed by atoms with Crippen LogP contribution in [-0.4, -0.2) is 10.1 Å². The van der Waals surface area contributed by atoms with Crippen molar-refractivity contribution in [3.63, 3.8) is 0 Å². The quantitative estimate of drug-likeness (QED) is 0.320. The average Bonchev–Trinajstić information content (AvgIpc) is 3.17. The number of anilines is 2. The Balaban J connectivity index is 1.61. The van der Waals surface area contributed by atoms with Crippen molar-refractivity contribution in [3.8, 4) is 22.9 Å². The molecule has 0 radical (unpaired) electrons. The molecule has 4 aromatic rings. The van der Waals surface area contributed by atoms with E-state index in [9.17, 15) is 4.39 Å². The van der Waals surface area contributed by atoms with Gasteiger partial charge in [-0.25, -0.2) is 9.37 Å². The first-order valence-corrected chi connectivity index (χ1v) is 10.5. The molecule has 0 amide bonds. The fraction of sp³-hybridized carbons (Fsp3) is 0.167. The summed E-state index contributed by atoms with van der Waals surface area (Å²) >= 11 is 3.25. The van der Waals surface area contributed by atoms with Gasteiger partial charge in [-0.2, -0.15) is 0 Å². The molecule has 0 aliphatic carbocycles. The summed E-state index contributed by atoms with van der Waals surface area (Å²) in [7, 11) is 0. The van der Waals surface area contributed by atoms with Gasteiger partial charge in [-0.3, -0.25) is 0 Å². The molecule has 0 spiro atoms. The van der Waals surface area contributed by atoms with Crippen LogP contribution in [0.5, 0.6) is 11.6 Å². The van der Waals surface area contributed by atoms with Gasteiger partial charge in [0, 0.05) is 27.9 Å². The average molecular weight is 482 g/mol. The normalized spacial score (nSPS) is 11.4. The molecule has 0 fully saturated rings. The molecule has 31 heavy (non-hydrogen) atoms. The number of para-hydroxylation sites is 1. The van der Waals surface area contributed by atoms with E-state index < -0.39 is 5.82 Å². The van der Waals surface area contributed by atoms with Crippen LogP contribution in [0.25, 0.3) is 11.3 Å². The summed E-state index contributed by atoms with van der Waals surface area (Å²) in [6.07, 6.45) is 1.66. The summed E-state index contributed by atoms with van der Waals surface area (Å²) in [4.78, 5) is 4.37. The summed E-state index contributed by atoms with van der Waals surface area (Å²) in [5.41, 5.74) is 2.32. The minimum atomic E-state index is -0.390. The van der Waals surface area contributed by atoms with Gasteiger partial charge < -0.3 is 14.6 Å². The van der Waals surface area contributed by atoms with Gasteiger partial charge in [0.25, 0.3) is 0 Å². The van der Waals surface area contributed by atoms with Crippen LogP contribution >= 0.6 is 15.9 Å². The zero-order chi connectivity index (χ0) is 22.0. The second-order valence-corrected chi connectivity index (χ2v) is 8.95. The van der Waals surface area contributed by atoms with Crippen LogP contribution in [0.3, 0.4) is 0 Å². The number of aromatic nitrogens is 2. The zero-order valence-corrected chi connectivity index (χ0v) is 18.9. The molecule has 0 unspecified atom stereocenters. The third-order valence-electron chi connectivity index (χ3n) is 4.65. The Kier molecular flexibility index (Phi) is 5.78. The molecule has 4 rings (SSSR count). The highest BCUT2D eigenvalue weighted by molar-refractivity contribution is 9.10. The third kappa shape index (κ3) is 4.77. The Hall–Kier alpha value is -3.19. The summed E-state index contributed by atoms with van der Waals surface area (Å²) in [6.45, 7) is 6.39. The van der Waals surface area contributed by atoms with Crippen molar-refractivity contribution < 1.29 is 13.7 Å². The summed E-state index contributed by atoms with van der Waals surface area (Å²) in [5, 5.41) is 7.10. The number of halogens is 2. The van der Waals surface area contributed by atoms with Crippen LogP contribution in [0.4, 0.5) is 16.0 Å². The van der Waals surface area contributed by atoms with E-state index in [-0.39, 0.29) is 5.41 Å². The summed E-state index contributed by atoms with van der Waals surface area (Å²) in [6, 6.07) is 17.9. The largest absolute Gasteiger partial charge is 0.437 e. The van der Waals surface area contributed by atoms with Gasteiger partial charge in [0.2, 0.25) is 11.8 Å². The fourth-order valence-corrected chi connectivity index (χ4v) is 3.47. The number of hydrogen-bond acceptors (Lipinski definition) is 5. The van der Waals surface area contributed by atoms with Gasteiger partial charge in [-0.05, 0) is 41.8 Å². The first-order chi connectivity index (χ1) is 14.8. The van der Waals surface area contributed by atoms with Crippen LogP contribution in [0.15, 0.2) is 75.9 Å². The fourth-order valence-electron chi connectivity index (χ4n) is 3.14. The SMILES string of the molecule is CC(C)(C)c1ccccc1Oc1ncccc1Nc1cc(-c2ccc(Br)cc2F)no1. The minimum Gasteiger partial charge on any atom is -0.437 e. The van der Waals surface area contributed by atoms with Crippen LogP contribution in [-0.2, 0) is 5.41 Å². The summed E-state index contributed by atoms with van der Waals surface area (Å²) in [5.74, 6) is 1.08. The number of benzene rings is 2. The highest BCUT2D eigenvalue weighted by Crippen LogP contribution is 2.36. The molecule has 2 aromatic carbocycles. The lowest BCUT2D eigenvalue weighted by Crippen LogP contribution is -2.12. The van der Waals surface area contributed by atoms with Gasteiger partial charge in [0.15, 0.2) is 0 Å². The number of nitrogens with zero attached hydrogens (tertiary/aromatic N) is 2. The van der Waals surface area contributed by atoms with Crippen molar-refractivity contribution in [2.75, 3.05) is 5.32 Å². The van der Waals surface area contributed by atoms with Gasteiger partial charge in [-0.15, -0.1) is 0 Å². The lowest BCUT2D eigenvalue weighted by molar-refractivity contribution is 0.432. The number of ether oxygens (including phenoxy) is 1. The van der Waals surface area contributed by atoms with Crippen LogP contribution < -0.4 is 10.1 Å². The zero-order valence-electron chi connectivity index (χ0n) is 17.3. The number of hydrogen-bond donors (Lipinski definition) is 1. The van der Waals surface area contributed by atoms with Crippen molar-refractivity contribution in [2.45, 2.75) is 26.2 Å². The second-order valence-electron chi connectivity index (χ2n) is 8.03. The second kappa shape index (κ2) is 8.51. The number of pyridine rings is 1. The molecule has 5 nitrogen and oxygen atoms in total. The highest BCUT2D eigenvalue weighted by atomic mass is 79.9. The standard InChI is InChI=1S/C24H21BrFN3O2/c1-24(2,3)17-7-4-5-9-21(17)30-23-19(8-6-12-27-23)28-22-14-20(29-31-22)16-11-10-15(25)13-18(16)26/h4-14,28H,1-3H3. The highest BCUT2D eigenvalue weighted by Gasteiger charge is 2.20. The topological polar surface area (TPSA) is 60.2 Å². The Labute approximate surface area is 188 Å². The molecule has 2 heterocycles. The van der Waals surface area contributed by atoms with E-state index in [1.807, 2.05) is 30.3 Å². The molecule has 7 heteroatoms. The minimum absolute atomic E-state index is 0.0897. The summed E-state index contributed by atoms with van der Waals surface area (Å²) < 4.78 is 26.4. The van der Waals surface area contributed by atoms with E-state index in [0.717, 1.165) is 11.3 Å². The van der Waals surface area contributed by atoms with Crippen molar-refractivity contribution in [1.82, 2.24) is 10.1 Å². The maximum Gasteiger partial charge on any atom is 0.243 e. The van der Waals surface area contributed by atoms with Crippen LogP contribution in [0.1, 0.15) is 26.3 Å². The Bertz CT molecular complexity index is 1220. The lowest BCUT2D eigenvalue weighted by atomic mass is 9.86. The number of nitrogens with one attached hydrogen (secondary N) is 1. The van der Waals surface area contributed by atoms with E-state index >= 15 is 0 Å². The molecule has 0 aliphatic heterocycles. The molecule has 0 aliphatic rings. The monoisotopic (exact) mass is 481 g/mol. The lowest BCUT2D eigenvalue weighted by Gasteiger charge is -2.22. The molecular formula is C24H21BrFN3O2. The molecule has 0 bridgehead atoms. The Morgan fingerprint density at radius 2 is 1.84 bits per heavy atom. The van der Waals surface area contributed by atoms with Crippen molar-refractivity contribution >= 4 is 27.5 Å². The first kappa shape index (κ1) is 21.1. The molecular weight excluding hydrogens is 461 g/mol. The maximum absolute atomic E-state index is 14.3. The van der Waals surface area contributed by atoms with E-state index in [2.05, 4.69) is 52.2 Å². The predicted octanol–water partition coefficient (Wildman–Crippen LogP) is 7.47. The van der Waals surface area contributed by atoms with Gasteiger partial charge >= 0.3 is 0 Å². The van der Waals surface area contributed by atoms with Gasteiger partial charge in [0.1, 0.15) is 22.9 Å². The number of rotatable bonds is 5. The maximum atomic E-state index is 14.3. The molecule has 1 N–H and O–H groups in total. The predicted molar refractivity (Wildman–Crippen MR) is 122 cm³/mol. The molecule has 0 atom stereocenters. The van der Waals surface area contributed by atoms with Crippen LogP contribution in [0, 0.1) is 5.82 Å². The third-order valence-corrected chi connectivity index (χ3v) is 5.14.